The minimum Gasteiger partial charge on any atom is -0.480 e. The predicted octanol–water partition coefficient (Wildman–Crippen LogP) is 13.0. The van der Waals surface area contributed by atoms with E-state index in [0.717, 1.165) is 70.6 Å². The fourth-order valence-corrected chi connectivity index (χ4v) is 6.51. The molecule has 0 spiro atoms. The van der Waals surface area contributed by atoms with Gasteiger partial charge in [-0.2, -0.15) is 0 Å². The Morgan fingerprint density at radius 3 is 1.33 bits per heavy atom. The quantitative estimate of drug-likeness (QED) is 0.0380. The van der Waals surface area contributed by atoms with Crippen molar-refractivity contribution >= 4 is 17.8 Å². The van der Waals surface area contributed by atoms with Crippen LogP contribution in [0.3, 0.4) is 0 Å². The van der Waals surface area contributed by atoms with Gasteiger partial charge in [-0.15, -0.1) is 0 Å². The summed E-state index contributed by atoms with van der Waals surface area (Å²) in [5.41, 5.74) is 0. The normalized spacial score (nSPS) is 12.0. The molecule has 0 aliphatic carbocycles. The number of aliphatic carboxylic acids is 1. The molecule has 0 aliphatic rings. The largest absolute Gasteiger partial charge is 0.480 e. The Hall–Kier alpha value is -1.85. The second kappa shape index (κ2) is 38.9. The number of nitrogens with one attached hydrogen (secondary N) is 1. The highest BCUT2D eigenvalue weighted by Crippen LogP contribution is 2.19. The van der Waals surface area contributed by atoms with Gasteiger partial charge in [-0.05, 0) is 64.2 Å². The lowest BCUT2D eigenvalue weighted by Gasteiger charge is -2.18. The molecule has 288 valence electrons. The number of hydrogen-bond acceptors (Lipinski definition) is 4. The number of ether oxygens (including phenoxy) is 1. The molecule has 0 bridgehead atoms. The van der Waals surface area contributed by atoms with Gasteiger partial charge in [0.05, 0.1) is 0 Å². The molecule has 1 amide bonds. The molecule has 0 fully saturated rings. The predicted molar refractivity (Wildman–Crippen MR) is 208 cm³/mol. The van der Waals surface area contributed by atoms with Crippen LogP contribution in [0.1, 0.15) is 232 Å². The van der Waals surface area contributed by atoms with Gasteiger partial charge >= 0.3 is 11.9 Å². The minimum absolute atomic E-state index is 0.0177. The zero-order valence-corrected chi connectivity index (χ0v) is 32.6. The topological polar surface area (TPSA) is 92.7 Å². The van der Waals surface area contributed by atoms with E-state index in [1.165, 1.54) is 135 Å². The van der Waals surface area contributed by atoms with Crippen LogP contribution in [0.4, 0.5) is 0 Å². The third-order valence-electron chi connectivity index (χ3n) is 9.69. The molecule has 0 radical (unpaired) electrons. The summed E-state index contributed by atoms with van der Waals surface area (Å²) < 4.78 is 6.02. The van der Waals surface area contributed by atoms with Crippen LogP contribution in [0.25, 0.3) is 0 Å². The Balaban J connectivity index is 4.18. The van der Waals surface area contributed by atoms with Crippen molar-refractivity contribution in [3.8, 4) is 0 Å². The molecule has 0 saturated carbocycles. The maximum Gasteiger partial charge on any atom is 0.322 e. The van der Waals surface area contributed by atoms with Gasteiger partial charge < -0.3 is 15.2 Å². The number of carboxylic acid groups (broad SMARTS) is 1. The summed E-state index contributed by atoms with van der Waals surface area (Å²) in [6.07, 6.45) is 44.7. The van der Waals surface area contributed by atoms with E-state index in [0.29, 0.717) is 12.8 Å². The Morgan fingerprint density at radius 2 is 0.878 bits per heavy atom. The Kier molecular flexibility index (Phi) is 37.5. The van der Waals surface area contributed by atoms with Crippen molar-refractivity contribution in [2.45, 2.75) is 238 Å². The molecule has 0 aliphatic heterocycles. The average Bonchev–Trinajstić information content (AvgIpc) is 3.08. The summed E-state index contributed by atoms with van der Waals surface area (Å²) in [6, 6.07) is 0. The summed E-state index contributed by atoms with van der Waals surface area (Å²) in [4.78, 5) is 35.0. The number of carboxylic acids is 1. The average molecular weight is 692 g/mol. The number of hydrogen-bond donors (Lipinski definition) is 2. The molecule has 6 nitrogen and oxygen atoms in total. The number of esters is 1. The Labute approximate surface area is 303 Å². The van der Waals surface area contributed by atoms with Crippen molar-refractivity contribution in [3.63, 3.8) is 0 Å². The van der Waals surface area contributed by atoms with Crippen LogP contribution in [0, 0.1) is 0 Å². The van der Waals surface area contributed by atoms with Crippen LogP contribution in [0.2, 0.25) is 0 Å². The highest BCUT2D eigenvalue weighted by molar-refractivity contribution is 5.80. The van der Waals surface area contributed by atoms with Gasteiger partial charge in [-0.1, -0.05) is 167 Å². The van der Waals surface area contributed by atoms with Crippen LogP contribution in [-0.4, -0.2) is 35.6 Å². The molecular formula is C43H81NO5. The van der Waals surface area contributed by atoms with Gasteiger partial charge in [0.25, 0.3) is 0 Å². The van der Waals surface area contributed by atoms with E-state index in [9.17, 15) is 14.4 Å². The molecule has 1 atom stereocenters. The summed E-state index contributed by atoms with van der Waals surface area (Å²) in [5, 5.41) is 11.1. The third kappa shape index (κ3) is 38.8. The lowest BCUT2D eigenvalue weighted by Crippen LogP contribution is -2.28. The number of unbranched alkanes of at least 4 members (excludes halogenated alkanes) is 26. The molecule has 0 aromatic rings. The Morgan fingerprint density at radius 1 is 0.510 bits per heavy atom. The van der Waals surface area contributed by atoms with Crippen molar-refractivity contribution in [3.05, 3.63) is 12.2 Å². The third-order valence-corrected chi connectivity index (χ3v) is 9.69. The number of allylic oxidation sites excluding steroid dienone is 2. The van der Waals surface area contributed by atoms with Crippen LogP contribution in [-0.2, 0) is 19.1 Å². The molecule has 0 heterocycles. The molecular weight excluding hydrogens is 610 g/mol. The molecule has 0 aromatic heterocycles. The van der Waals surface area contributed by atoms with Crippen molar-refractivity contribution in [2.24, 2.45) is 0 Å². The summed E-state index contributed by atoms with van der Waals surface area (Å²) in [5.74, 6) is -1.23. The van der Waals surface area contributed by atoms with Crippen molar-refractivity contribution in [1.82, 2.24) is 5.32 Å². The summed E-state index contributed by atoms with van der Waals surface area (Å²) >= 11 is 0. The van der Waals surface area contributed by atoms with E-state index in [1.807, 2.05) is 0 Å². The van der Waals surface area contributed by atoms with Gasteiger partial charge in [0, 0.05) is 12.8 Å². The van der Waals surface area contributed by atoms with E-state index in [-0.39, 0.29) is 24.5 Å². The van der Waals surface area contributed by atoms with Gasteiger partial charge in [0.2, 0.25) is 5.91 Å². The van der Waals surface area contributed by atoms with E-state index >= 15 is 0 Å². The second-order valence-electron chi connectivity index (χ2n) is 14.6. The van der Waals surface area contributed by atoms with Gasteiger partial charge in [0.1, 0.15) is 12.6 Å². The fraction of sp³-hybridized carbons (Fsp3) is 0.884. The zero-order valence-electron chi connectivity index (χ0n) is 32.6. The number of carbonyl (C=O) groups is 3. The SMILES string of the molecule is CCCCCCCCCC/C=C\CCCCCC(CCCCCCCC(=O)NCC(=O)O)OC(=O)CCCCCCCCCCCCCC. The first-order valence-electron chi connectivity index (χ1n) is 21.3. The first-order valence-corrected chi connectivity index (χ1v) is 21.3. The standard InChI is InChI=1S/C43H81NO5/c1-3-5-7-9-11-13-15-17-18-19-20-22-24-27-31-35-40(36-32-28-26-29-33-37-41(45)44-39-42(46)47)49-43(48)38-34-30-25-23-21-16-14-12-10-8-6-4-2/h19-20,40H,3-18,21-39H2,1-2H3,(H,44,45)(H,46,47)/b20-19-. The Bertz CT molecular complexity index is 767. The highest BCUT2D eigenvalue weighted by Gasteiger charge is 2.14. The lowest BCUT2D eigenvalue weighted by atomic mass is 10.0. The molecule has 6 heteroatoms. The first-order chi connectivity index (χ1) is 24.0. The molecule has 0 aromatic carbocycles. The summed E-state index contributed by atoms with van der Waals surface area (Å²) in [7, 11) is 0. The monoisotopic (exact) mass is 692 g/mol. The van der Waals surface area contributed by atoms with Crippen molar-refractivity contribution in [2.75, 3.05) is 6.54 Å². The maximum atomic E-state index is 12.7. The van der Waals surface area contributed by atoms with Gasteiger partial charge in [0.15, 0.2) is 0 Å². The smallest absolute Gasteiger partial charge is 0.322 e. The highest BCUT2D eigenvalue weighted by atomic mass is 16.5. The molecule has 49 heavy (non-hydrogen) atoms. The number of carbonyl (C=O) groups excluding carboxylic acids is 2. The van der Waals surface area contributed by atoms with Gasteiger partial charge in [-0.3, -0.25) is 14.4 Å². The van der Waals surface area contributed by atoms with Crippen LogP contribution >= 0.6 is 0 Å². The van der Waals surface area contributed by atoms with Crippen LogP contribution < -0.4 is 5.32 Å². The maximum absolute atomic E-state index is 12.7. The number of rotatable bonds is 39. The van der Waals surface area contributed by atoms with Crippen molar-refractivity contribution < 1.29 is 24.2 Å². The van der Waals surface area contributed by atoms with E-state index < -0.39 is 5.97 Å². The van der Waals surface area contributed by atoms with E-state index in [1.54, 1.807) is 0 Å². The van der Waals surface area contributed by atoms with E-state index in [4.69, 9.17) is 9.84 Å². The minimum atomic E-state index is -1.01. The second-order valence-corrected chi connectivity index (χ2v) is 14.6. The van der Waals surface area contributed by atoms with Crippen LogP contribution in [0.5, 0.6) is 0 Å². The fourth-order valence-electron chi connectivity index (χ4n) is 6.51. The first kappa shape index (κ1) is 47.1. The zero-order chi connectivity index (χ0) is 35.9. The molecule has 0 rings (SSSR count). The molecule has 2 N–H and O–H groups in total. The molecule has 1 unspecified atom stereocenters. The lowest BCUT2D eigenvalue weighted by molar-refractivity contribution is -0.150. The molecule has 0 saturated heterocycles. The van der Waals surface area contributed by atoms with E-state index in [2.05, 4.69) is 31.3 Å². The summed E-state index contributed by atoms with van der Waals surface area (Å²) in [6.45, 7) is 4.23. The number of amides is 1. The van der Waals surface area contributed by atoms with Crippen molar-refractivity contribution in [1.29, 1.82) is 0 Å². The van der Waals surface area contributed by atoms with Gasteiger partial charge in [-0.25, -0.2) is 0 Å². The van der Waals surface area contributed by atoms with Crippen LogP contribution in [0.15, 0.2) is 12.2 Å².